The van der Waals surface area contributed by atoms with Gasteiger partial charge in [0.15, 0.2) is 0 Å². The van der Waals surface area contributed by atoms with Gasteiger partial charge >= 0.3 is 0 Å². The van der Waals surface area contributed by atoms with Crippen molar-refractivity contribution in [3.8, 4) is 0 Å². The zero-order valence-corrected chi connectivity index (χ0v) is 12.2. The highest BCUT2D eigenvalue weighted by Crippen LogP contribution is 2.29. The molecular weight excluding hydrogens is 302 g/mol. The molecule has 0 heterocycles. The average molecular weight is 319 g/mol. The monoisotopic (exact) mass is 317 g/mol. The molecule has 4 heteroatoms. The molecule has 0 aliphatic heterocycles. The van der Waals surface area contributed by atoms with Gasteiger partial charge in [0.05, 0.1) is 11.8 Å². The lowest BCUT2D eigenvalue weighted by molar-refractivity contribution is 0.0682. The second-order valence-corrected chi connectivity index (χ2v) is 5.77. The molecule has 1 aromatic rings. The Balaban J connectivity index is 1.95. The predicted molar refractivity (Wildman–Crippen MR) is 75.8 cm³/mol. The number of ether oxygens (including phenoxy) is 1. The van der Waals surface area contributed by atoms with Crippen LogP contribution in [0.2, 0.25) is 5.02 Å². The molecule has 0 bridgehead atoms. The molecule has 1 saturated carbocycles. The first kappa shape index (κ1) is 13.2. The molecule has 1 aliphatic rings. The smallest absolute Gasteiger partial charge is 0.0572 e. The van der Waals surface area contributed by atoms with Gasteiger partial charge in [-0.15, -0.1) is 0 Å². The highest BCUT2D eigenvalue weighted by Gasteiger charge is 2.21. The van der Waals surface area contributed by atoms with Crippen LogP contribution < -0.4 is 5.32 Å². The van der Waals surface area contributed by atoms with E-state index in [0.29, 0.717) is 12.1 Å². The molecule has 0 amide bonds. The van der Waals surface area contributed by atoms with Crippen LogP contribution in [0.5, 0.6) is 0 Å². The summed E-state index contributed by atoms with van der Waals surface area (Å²) in [6.07, 6.45) is 5.00. The number of benzene rings is 1. The van der Waals surface area contributed by atoms with Gasteiger partial charge in [-0.3, -0.25) is 0 Å². The molecule has 0 spiro atoms. The second kappa shape index (κ2) is 6.07. The molecule has 0 aromatic heterocycles. The van der Waals surface area contributed by atoms with Crippen LogP contribution in [0, 0.1) is 0 Å². The molecular formula is C13H17BrClNO. The summed E-state index contributed by atoms with van der Waals surface area (Å²) >= 11 is 9.54. The number of anilines is 1. The van der Waals surface area contributed by atoms with Crippen LogP contribution in [0.4, 0.5) is 5.69 Å². The van der Waals surface area contributed by atoms with E-state index in [1.54, 1.807) is 7.11 Å². The van der Waals surface area contributed by atoms with Crippen molar-refractivity contribution < 1.29 is 4.74 Å². The van der Waals surface area contributed by atoms with E-state index in [0.717, 1.165) is 40.9 Å². The largest absolute Gasteiger partial charge is 0.381 e. The van der Waals surface area contributed by atoms with Crippen molar-refractivity contribution in [2.75, 3.05) is 12.4 Å². The minimum absolute atomic E-state index is 0.441. The number of rotatable bonds is 3. The average Bonchev–Trinajstić information content (AvgIpc) is 2.35. The van der Waals surface area contributed by atoms with E-state index in [9.17, 15) is 0 Å². The van der Waals surface area contributed by atoms with Gasteiger partial charge in [0, 0.05) is 22.6 Å². The van der Waals surface area contributed by atoms with Crippen molar-refractivity contribution >= 4 is 33.2 Å². The van der Waals surface area contributed by atoms with Gasteiger partial charge in [-0.05, 0) is 59.8 Å². The second-order valence-electron chi connectivity index (χ2n) is 4.48. The Kier molecular flexibility index (Phi) is 4.71. The molecule has 94 valence electrons. The highest BCUT2D eigenvalue weighted by atomic mass is 79.9. The lowest BCUT2D eigenvalue weighted by atomic mass is 9.93. The first-order valence-corrected chi connectivity index (χ1v) is 7.10. The van der Waals surface area contributed by atoms with Gasteiger partial charge in [-0.25, -0.2) is 0 Å². The summed E-state index contributed by atoms with van der Waals surface area (Å²) in [5.41, 5.74) is 1.08. The summed E-state index contributed by atoms with van der Waals surface area (Å²) in [4.78, 5) is 0. The third-order valence-corrected chi connectivity index (χ3v) is 4.22. The van der Waals surface area contributed by atoms with E-state index < -0.39 is 0 Å². The first-order valence-electron chi connectivity index (χ1n) is 5.93. The summed E-state index contributed by atoms with van der Waals surface area (Å²) in [7, 11) is 1.80. The third kappa shape index (κ3) is 3.60. The minimum Gasteiger partial charge on any atom is -0.381 e. The summed E-state index contributed by atoms with van der Waals surface area (Å²) in [5.74, 6) is 0. The SMILES string of the molecule is COC1CCC(Nc2cc(Cl)ccc2Br)CC1. The zero-order chi connectivity index (χ0) is 12.3. The number of halogens is 2. The summed E-state index contributed by atoms with van der Waals surface area (Å²) in [6, 6.07) is 6.36. The molecule has 17 heavy (non-hydrogen) atoms. The predicted octanol–water partition coefficient (Wildman–Crippen LogP) is 4.47. The Labute approximate surface area is 116 Å². The van der Waals surface area contributed by atoms with E-state index in [2.05, 4.69) is 21.2 Å². The van der Waals surface area contributed by atoms with Gasteiger partial charge < -0.3 is 10.1 Å². The Bertz CT molecular complexity index is 378. The molecule has 1 aliphatic carbocycles. The van der Waals surface area contributed by atoms with Gasteiger partial charge in [0.2, 0.25) is 0 Å². The van der Waals surface area contributed by atoms with E-state index in [-0.39, 0.29) is 0 Å². The van der Waals surface area contributed by atoms with Crippen LogP contribution in [0.15, 0.2) is 22.7 Å². The van der Waals surface area contributed by atoms with Crippen LogP contribution >= 0.6 is 27.5 Å². The number of methoxy groups -OCH3 is 1. The van der Waals surface area contributed by atoms with Crippen LogP contribution in [0.3, 0.4) is 0 Å². The lowest BCUT2D eigenvalue weighted by Crippen LogP contribution is -2.29. The van der Waals surface area contributed by atoms with Crippen LogP contribution in [-0.4, -0.2) is 19.3 Å². The van der Waals surface area contributed by atoms with Crippen molar-refractivity contribution in [1.29, 1.82) is 0 Å². The first-order chi connectivity index (χ1) is 8.19. The molecule has 0 saturated heterocycles. The Morgan fingerprint density at radius 2 is 2.00 bits per heavy atom. The molecule has 0 radical (unpaired) electrons. The molecule has 2 rings (SSSR count). The van der Waals surface area contributed by atoms with Crippen LogP contribution in [-0.2, 0) is 4.74 Å². The lowest BCUT2D eigenvalue weighted by Gasteiger charge is -2.29. The van der Waals surface area contributed by atoms with E-state index in [1.165, 1.54) is 0 Å². The number of hydrogen-bond acceptors (Lipinski definition) is 2. The number of nitrogens with one attached hydrogen (secondary N) is 1. The topological polar surface area (TPSA) is 21.3 Å². The fraction of sp³-hybridized carbons (Fsp3) is 0.538. The van der Waals surface area contributed by atoms with Gasteiger partial charge in [0.25, 0.3) is 0 Å². The maximum Gasteiger partial charge on any atom is 0.0572 e. The Morgan fingerprint density at radius 1 is 1.29 bits per heavy atom. The fourth-order valence-corrected chi connectivity index (χ4v) is 2.80. The summed E-state index contributed by atoms with van der Waals surface area (Å²) in [5, 5.41) is 4.31. The van der Waals surface area contributed by atoms with Crippen LogP contribution in [0.1, 0.15) is 25.7 Å². The molecule has 1 fully saturated rings. The normalized spacial score (nSPS) is 24.6. The fourth-order valence-electron chi connectivity index (χ4n) is 2.27. The van der Waals surface area contributed by atoms with Gasteiger partial charge in [0.1, 0.15) is 0 Å². The third-order valence-electron chi connectivity index (χ3n) is 3.30. The molecule has 1 N–H and O–H groups in total. The van der Waals surface area contributed by atoms with Crippen molar-refractivity contribution in [2.45, 2.75) is 37.8 Å². The van der Waals surface area contributed by atoms with Gasteiger partial charge in [-0.2, -0.15) is 0 Å². The van der Waals surface area contributed by atoms with E-state index >= 15 is 0 Å². The standard InChI is InChI=1S/C13H17BrClNO/c1-17-11-5-3-10(4-6-11)16-13-8-9(15)2-7-12(13)14/h2,7-8,10-11,16H,3-6H2,1H3. The molecule has 1 aromatic carbocycles. The maximum absolute atomic E-state index is 6.00. The van der Waals surface area contributed by atoms with Crippen molar-refractivity contribution in [1.82, 2.24) is 0 Å². The van der Waals surface area contributed by atoms with Crippen molar-refractivity contribution in [2.24, 2.45) is 0 Å². The summed E-state index contributed by atoms with van der Waals surface area (Å²) in [6.45, 7) is 0. The van der Waals surface area contributed by atoms with E-state index in [4.69, 9.17) is 16.3 Å². The van der Waals surface area contributed by atoms with Crippen LogP contribution in [0.25, 0.3) is 0 Å². The number of hydrogen-bond donors (Lipinski definition) is 1. The quantitative estimate of drug-likeness (QED) is 0.887. The Morgan fingerprint density at radius 3 is 2.65 bits per heavy atom. The zero-order valence-electron chi connectivity index (χ0n) is 9.88. The molecule has 0 unspecified atom stereocenters. The Hall–Kier alpha value is -0.250. The van der Waals surface area contributed by atoms with E-state index in [1.807, 2.05) is 18.2 Å². The minimum atomic E-state index is 0.441. The van der Waals surface area contributed by atoms with Crippen molar-refractivity contribution in [3.63, 3.8) is 0 Å². The highest BCUT2D eigenvalue weighted by molar-refractivity contribution is 9.10. The summed E-state index contributed by atoms with van der Waals surface area (Å²) < 4.78 is 6.44. The maximum atomic E-state index is 6.00. The van der Waals surface area contributed by atoms with Crippen molar-refractivity contribution in [3.05, 3.63) is 27.7 Å². The van der Waals surface area contributed by atoms with Gasteiger partial charge in [-0.1, -0.05) is 11.6 Å². The molecule has 0 atom stereocenters. The molecule has 2 nitrogen and oxygen atoms in total.